The van der Waals surface area contributed by atoms with Crippen LogP contribution in [0.2, 0.25) is 0 Å². The van der Waals surface area contributed by atoms with Gasteiger partial charge in [-0.25, -0.2) is 14.4 Å². The molecule has 0 aliphatic heterocycles. The zero-order valence-electron chi connectivity index (χ0n) is 11.6. The topological polar surface area (TPSA) is 49.8 Å². The second-order valence-corrected chi connectivity index (χ2v) is 5.53. The first-order valence-electron chi connectivity index (χ1n) is 6.32. The van der Waals surface area contributed by atoms with Crippen molar-refractivity contribution in [3.63, 3.8) is 0 Å². The van der Waals surface area contributed by atoms with Crippen LogP contribution in [0.4, 0.5) is 21.7 Å². The molecule has 20 heavy (non-hydrogen) atoms. The van der Waals surface area contributed by atoms with Crippen LogP contribution < -0.4 is 10.6 Å². The molecule has 0 aliphatic rings. The normalized spacial score (nSPS) is 10.4. The summed E-state index contributed by atoms with van der Waals surface area (Å²) in [6.07, 6.45) is 0. The fourth-order valence-corrected chi connectivity index (χ4v) is 2.42. The SMILES string of the molecule is CCNc1nc(C)nc(Nc2ccc(F)cc2I)c1C. The van der Waals surface area contributed by atoms with Crippen LogP contribution in [0.5, 0.6) is 0 Å². The minimum absolute atomic E-state index is 0.246. The van der Waals surface area contributed by atoms with E-state index in [1.54, 1.807) is 6.07 Å². The van der Waals surface area contributed by atoms with Crippen LogP contribution in [-0.2, 0) is 0 Å². The summed E-state index contributed by atoms with van der Waals surface area (Å²) >= 11 is 2.10. The summed E-state index contributed by atoms with van der Waals surface area (Å²) < 4.78 is 13.9. The van der Waals surface area contributed by atoms with Crippen molar-refractivity contribution in [1.29, 1.82) is 0 Å². The smallest absolute Gasteiger partial charge is 0.139 e. The average molecular weight is 386 g/mol. The van der Waals surface area contributed by atoms with Gasteiger partial charge in [-0.1, -0.05) is 0 Å². The molecule has 0 atom stereocenters. The highest BCUT2D eigenvalue weighted by Gasteiger charge is 2.10. The number of rotatable bonds is 4. The van der Waals surface area contributed by atoms with Gasteiger partial charge in [0.25, 0.3) is 0 Å². The van der Waals surface area contributed by atoms with Gasteiger partial charge in [-0.2, -0.15) is 0 Å². The second kappa shape index (κ2) is 6.34. The van der Waals surface area contributed by atoms with Crippen molar-refractivity contribution in [2.75, 3.05) is 17.2 Å². The summed E-state index contributed by atoms with van der Waals surface area (Å²) in [4.78, 5) is 8.79. The highest BCUT2D eigenvalue weighted by molar-refractivity contribution is 14.1. The van der Waals surface area contributed by atoms with Gasteiger partial charge in [-0.05, 0) is 61.6 Å². The molecule has 0 spiro atoms. The molecule has 106 valence electrons. The molecule has 0 radical (unpaired) electrons. The predicted octanol–water partition coefficient (Wildman–Crippen LogP) is 4.01. The number of nitrogens with one attached hydrogen (secondary N) is 2. The zero-order chi connectivity index (χ0) is 14.7. The summed E-state index contributed by atoms with van der Waals surface area (Å²) in [6, 6.07) is 4.62. The van der Waals surface area contributed by atoms with Crippen molar-refractivity contribution < 1.29 is 4.39 Å². The number of aryl methyl sites for hydroxylation is 1. The third-order valence-electron chi connectivity index (χ3n) is 2.79. The quantitative estimate of drug-likeness (QED) is 0.780. The van der Waals surface area contributed by atoms with Gasteiger partial charge in [-0.15, -0.1) is 0 Å². The third-order valence-corrected chi connectivity index (χ3v) is 3.68. The molecule has 1 aromatic heterocycles. The van der Waals surface area contributed by atoms with Crippen molar-refractivity contribution in [3.8, 4) is 0 Å². The molecular formula is C14H16FIN4. The van der Waals surface area contributed by atoms with E-state index in [0.29, 0.717) is 5.82 Å². The molecule has 1 heterocycles. The molecule has 0 unspecified atom stereocenters. The first-order chi connectivity index (χ1) is 9.51. The van der Waals surface area contributed by atoms with Gasteiger partial charge in [0.05, 0.1) is 5.69 Å². The summed E-state index contributed by atoms with van der Waals surface area (Å²) in [5.41, 5.74) is 1.77. The molecule has 0 saturated heterocycles. The molecule has 0 saturated carbocycles. The van der Waals surface area contributed by atoms with Gasteiger partial charge >= 0.3 is 0 Å². The first-order valence-corrected chi connectivity index (χ1v) is 7.40. The van der Waals surface area contributed by atoms with E-state index in [1.807, 2.05) is 20.8 Å². The van der Waals surface area contributed by atoms with E-state index < -0.39 is 0 Å². The van der Waals surface area contributed by atoms with E-state index in [4.69, 9.17) is 0 Å². The van der Waals surface area contributed by atoms with E-state index in [0.717, 1.165) is 33.0 Å². The lowest BCUT2D eigenvalue weighted by Crippen LogP contribution is -2.08. The monoisotopic (exact) mass is 386 g/mol. The van der Waals surface area contributed by atoms with Gasteiger partial charge in [-0.3, -0.25) is 0 Å². The van der Waals surface area contributed by atoms with Gasteiger partial charge < -0.3 is 10.6 Å². The number of hydrogen-bond acceptors (Lipinski definition) is 4. The molecule has 1 aromatic carbocycles. The largest absolute Gasteiger partial charge is 0.370 e. The number of nitrogens with zero attached hydrogens (tertiary/aromatic N) is 2. The average Bonchev–Trinajstić information content (AvgIpc) is 2.38. The summed E-state index contributed by atoms with van der Waals surface area (Å²) in [6.45, 7) is 6.62. The van der Waals surface area contributed by atoms with E-state index in [1.165, 1.54) is 12.1 Å². The zero-order valence-corrected chi connectivity index (χ0v) is 13.7. The highest BCUT2D eigenvalue weighted by atomic mass is 127. The highest BCUT2D eigenvalue weighted by Crippen LogP contribution is 2.26. The molecule has 4 nitrogen and oxygen atoms in total. The van der Waals surface area contributed by atoms with Crippen LogP contribution in [0.25, 0.3) is 0 Å². The number of hydrogen-bond donors (Lipinski definition) is 2. The van der Waals surface area contributed by atoms with Crippen molar-refractivity contribution in [2.24, 2.45) is 0 Å². The molecule has 0 aliphatic carbocycles. The Kier molecular flexibility index (Phi) is 4.74. The van der Waals surface area contributed by atoms with E-state index in [2.05, 4.69) is 43.2 Å². The molecule has 2 aromatic rings. The predicted molar refractivity (Wildman–Crippen MR) is 88.1 cm³/mol. The van der Waals surface area contributed by atoms with Crippen LogP contribution >= 0.6 is 22.6 Å². The number of anilines is 3. The lowest BCUT2D eigenvalue weighted by Gasteiger charge is -2.14. The van der Waals surface area contributed by atoms with Crippen LogP contribution in [0.3, 0.4) is 0 Å². The fraction of sp³-hybridized carbons (Fsp3) is 0.286. The number of halogens is 2. The van der Waals surface area contributed by atoms with Crippen LogP contribution in [0, 0.1) is 23.2 Å². The standard InChI is InChI=1S/C14H16FIN4/c1-4-17-13-8(2)14(19-9(3)18-13)20-12-6-5-10(15)7-11(12)16/h5-7H,4H2,1-3H3,(H2,17,18,19,20). The van der Waals surface area contributed by atoms with Gasteiger partial charge in [0.2, 0.25) is 0 Å². The second-order valence-electron chi connectivity index (χ2n) is 4.37. The molecule has 0 amide bonds. The number of aromatic nitrogens is 2. The summed E-state index contributed by atoms with van der Waals surface area (Å²) in [5.74, 6) is 1.99. The van der Waals surface area contributed by atoms with Crippen molar-refractivity contribution >= 4 is 39.9 Å². The Labute approximate surface area is 131 Å². The molecule has 2 N–H and O–H groups in total. The van der Waals surface area contributed by atoms with Crippen molar-refractivity contribution in [1.82, 2.24) is 9.97 Å². The van der Waals surface area contributed by atoms with Crippen molar-refractivity contribution in [3.05, 3.63) is 39.0 Å². The summed E-state index contributed by atoms with van der Waals surface area (Å²) in [5, 5.41) is 6.46. The molecule has 0 fully saturated rings. The molecule has 6 heteroatoms. The van der Waals surface area contributed by atoms with Crippen molar-refractivity contribution in [2.45, 2.75) is 20.8 Å². The lowest BCUT2D eigenvalue weighted by molar-refractivity contribution is 0.627. The molecule has 2 rings (SSSR count). The van der Waals surface area contributed by atoms with Crippen LogP contribution in [0.1, 0.15) is 18.3 Å². The molecule has 0 bridgehead atoms. The first kappa shape index (κ1) is 15.0. The Morgan fingerprint density at radius 2 is 1.90 bits per heavy atom. The Bertz CT molecular complexity index is 631. The fourth-order valence-electron chi connectivity index (χ4n) is 1.81. The Morgan fingerprint density at radius 1 is 1.20 bits per heavy atom. The van der Waals surface area contributed by atoms with Gasteiger partial charge in [0, 0.05) is 15.7 Å². The van der Waals surface area contributed by atoms with Gasteiger partial charge in [0.15, 0.2) is 0 Å². The maximum Gasteiger partial charge on any atom is 0.139 e. The van der Waals surface area contributed by atoms with Crippen LogP contribution in [0.15, 0.2) is 18.2 Å². The lowest BCUT2D eigenvalue weighted by atomic mass is 10.2. The Balaban J connectivity index is 2.37. The Hall–Kier alpha value is -1.44. The number of benzene rings is 1. The third kappa shape index (κ3) is 3.36. The van der Waals surface area contributed by atoms with E-state index in [-0.39, 0.29) is 5.82 Å². The minimum Gasteiger partial charge on any atom is -0.370 e. The van der Waals surface area contributed by atoms with Crippen LogP contribution in [-0.4, -0.2) is 16.5 Å². The van der Waals surface area contributed by atoms with E-state index >= 15 is 0 Å². The van der Waals surface area contributed by atoms with E-state index in [9.17, 15) is 4.39 Å². The summed E-state index contributed by atoms with van der Waals surface area (Å²) in [7, 11) is 0. The maximum atomic E-state index is 13.1. The minimum atomic E-state index is -0.246. The maximum absolute atomic E-state index is 13.1. The molecular weight excluding hydrogens is 370 g/mol. The van der Waals surface area contributed by atoms with Gasteiger partial charge in [0.1, 0.15) is 23.3 Å². The Morgan fingerprint density at radius 3 is 2.55 bits per heavy atom.